The van der Waals surface area contributed by atoms with Gasteiger partial charge < -0.3 is 5.73 Å². The van der Waals surface area contributed by atoms with Gasteiger partial charge >= 0.3 is 0 Å². The average Bonchev–Trinajstić information content (AvgIpc) is 2.13. The molecule has 0 aliphatic rings. The van der Waals surface area contributed by atoms with Crippen LogP contribution >= 0.6 is 0 Å². The zero-order valence-corrected chi connectivity index (χ0v) is 11.3. The van der Waals surface area contributed by atoms with Gasteiger partial charge in [0.25, 0.3) is 0 Å². The molecule has 0 heterocycles. The molecular formula is C15H25N. The Hall–Kier alpha value is -0.820. The molecule has 0 spiro atoms. The van der Waals surface area contributed by atoms with E-state index in [1.54, 1.807) is 0 Å². The molecule has 0 amide bonds. The third kappa shape index (κ3) is 3.97. The zero-order chi connectivity index (χ0) is 12.3. The SMILES string of the molecule is Cc1ccc(C(N)CCC(C)(C)C)c(C)c1. The lowest BCUT2D eigenvalue weighted by Gasteiger charge is -2.22. The molecule has 0 bridgehead atoms. The van der Waals surface area contributed by atoms with Crippen LogP contribution in [-0.2, 0) is 0 Å². The van der Waals surface area contributed by atoms with Gasteiger partial charge in [0.15, 0.2) is 0 Å². The molecule has 90 valence electrons. The maximum absolute atomic E-state index is 6.25. The van der Waals surface area contributed by atoms with E-state index >= 15 is 0 Å². The second kappa shape index (κ2) is 5.01. The summed E-state index contributed by atoms with van der Waals surface area (Å²) in [5.41, 5.74) is 10.6. The van der Waals surface area contributed by atoms with Crippen molar-refractivity contribution >= 4 is 0 Å². The van der Waals surface area contributed by atoms with Crippen LogP contribution in [0.2, 0.25) is 0 Å². The third-order valence-corrected chi connectivity index (χ3v) is 3.03. The molecule has 0 aliphatic carbocycles. The Morgan fingerprint density at radius 1 is 1.19 bits per heavy atom. The molecule has 2 N–H and O–H groups in total. The first-order valence-electron chi connectivity index (χ1n) is 6.12. The maximum atomic E-state index is 6.25. The monoisotopic (exact) mass is 219 g/mol. The van der Waals surface area contributed by atoms with Crippen LogP contribution in [0.5, 0.6) is 0 Å². The lowest BCUT2D eigenvalue weighted by Crippen LogP contribution is -2.15. The van der Waals surface area contributed by atoms with E-state index in [1.807, 2.05) is 0 Å². The molecule has 0 saturated heterocycles. The van der Waals surface area contributed by atoms with Crippen molar-refractivity contribution in [3.63, 3.8) is 0 Å². The van der Waals surface area contributed by atoms with E-state index in [2.05, 4.69) is 52.8 Å². The highest BCUT2D eigenvalue weighted by atomic mass is 14.6. The van der Waals surface area contributed by atoms with Crippen molar-refractivity contribution in [3.05, 3.63) is 34.9 Å². The van der Waals surface area contributed by atoms with Gasteiger partial charge in [-0.05, 0) is 43.2 Å². The number of hydrogen-bond acceptors (Lipinski definition) is 1. The number of benzene rings is 1. The highest BCUT2D eigenvalue weighted by molar-refractivity contribution is 5.32. The van der Waals surface area contributed by atoms with Crippen LogP contribution in [0.3, 0.4) is 0 Å². The Labute approximate surface area is 100 Å². The average molecular weight is 219 g/mol. The Bertz CT molecular complexity index is 347. The van der Waals surface area contributed by atoms with Crippen molar-refractivity contribution in [1.82, 2.24) is 0 Å². The van der Waals surface area contributed by atoms with Crippen molar-refractivity contribution in [3.8, 4) is 0 Å². The Balaban J connectivity index is 2.70. The van der Waals surface area contributed by atoms with Crippen LogP contribution < -0.4 is 5.73 Å². The summed E-state index contributed by atoms with van der Waals surface area (Å²) >= 11 is 0. The van der Waals surface area contributed by atoms with E-state index in [0.29, 0.717) is 5.41 Å². The molecule has 0 radical (unpaired) electrons. The summed E-state index contributed by atoms with van der Waals surface area (Å²) in [4.78, 5) is 0. The van der Waals surface area contributed by atoms with E-state index in [0.717, 1.165) is 6.42 Å². The Morgan fingerprint density at radius 3 is 2.31 bits per heavy atom. The largest absolute Gasteiger partial charge is 0.324 e. The summed E-state index contributed by atoms with van der Waals surface area (Å²) in [6.45, 7) is 11.1. The van der Waals surface area contributed by atoms with Crippen LogP contribution in [0, 0.1) is 19.3 Å². The minimum atomic E-state index is 0.180. The molecule has 0 fully saturated rings. The first kappa shape index (κ1) is 13.2. The first-order valence-corrected chi connectivity index (χ1v) is 6.12. The van der Waals surface area contributed by atoms with Crippen LogP contribution in [0.1, 0.15) is 56.3 Å². The summed E-state index contributed by atoms with van der Waals surface area (Å²) in [6.07, 6.45) is 2.23. The predicted octanol–water partition coefficient (Wildman–Crippen LogP) is 4.13. The molecule has 1 unspecified atom stereocenters. The summed E-state index contributed by atoms with van der Waals surface area (Å²) in [6, 6.07) is 6.73. The van der Waals surface area contributed by atoms with E-state index < -0.39 is 0 Å². The Kier molecular flexibility index (Phi) is 4.15. The van der Waals surface area contributed by atoms with Crippen LogP contribution in [-0.4, -0.2) is 0 Å². The molecule has 1 atom stereocenters. The number of rotatable bonds is 3. The van der Waals surface area contributed by atoms with Gasteiger partial charge in [-0.25, -0.2) is 0 Å². The molecule has 1 aromatic rings. The molecule has 0 aliphatic heterocycles. The van der Waals surface area contributed by atoms with Crippen LogP contribution in [0.25, 0.3) is 0 Å². The fraction of sp³-hybridized carbons (Fsp3) is 0.600. The molecular weight excluding hydrogens is 194 g/mol. The molecule has 1 aromatic carbocycles. The molecule has 1 rings (SSSR count). The van der Waals surface area contributed by atoms with Gasteiger partial charge in [0.2, 0.25) is 0 Å². The van der Waals surface area contributed by atoms with E-state index in [4.69, 9.17) is 5.73 Å². The molecule has 1 heteroatoms. The number of aryl methyl sites for hydroxylation is 2. The van der Waals surface area contributed by atoms with Crippen molar-refractivity contribution in [2.75, 3.05) is 0 Å². The van der Waals surface area contributed by atoms with E-state index in [9.17, 15) is 0 Å². The first-order chi connectivity index (χ1) is 7.29. The van der Waals surface area contributed by atoms with Gasteiger partial charge in [-0.2, -0.15) is 0 Å². The van der Waals surface area contributed by atoms with Crippen LogP contribution in [0.4, 0.5) is 0 Å². The Morgan fingerprint density at radius 2 is 1.81 bits per heavy atom. The minimum absolute atomic E-state index is 0.180. The normalized spacial score (nSPS) is 13.9. The van der Waals surface area contributed by atoms with E-state index in [-0.39, 0.29) is 6.04 Å². The van der Waals surface area contributed by atoms with Crippen molar-refractivity contribution in [2.24, 2.45) is 11.1 Å². The summed E-state index contributed by atoms with van der Waals surface area (Å²) in [7, 11) is 0. The van der Waals surface area contributed by atoms with Crippen LogP contribution in [0.15, 0.2) is 18.2 Å². The second-order valence-corrected chi connectivity index (χ2v) is 6.07. The molecule has 0 saturated carbocycles. The topological polar surface area (TPSA) is 26.0 Å². The van der Waals surface area contributed by atoms with Crippen molar-refractivity contribution < 1.29 is 0 Å². The zero-order valence-electron chi connectivity index (χ0n) is 11.3. The maximum Gasteiger partial charge on any atom is 0.0297 e. The van der Waals surface area contributed by atoms with Gasteiger partial charge in [-0.3, -0.25) is 0 Å². The fourth-order valence-electron chi connectivity index (χ4n) is 1.99. The third-order valence-electron chi connectivity index (χ3n) is 3.03. The lowest BCUT2D eigenvalue weighted by atomic mass is 9.86. The number of hydrogen-bond donors (Lipinski definition) is 1. The molecule has 16 heavy (non-hydrogen) atoms. The van der Waals surface area contributed by atoms with Gasteiger partial charge in [-0.1, -0.05) is 44.5 Å². The quantitative estimate of drug-likeness (QED) is 0.812. The highest BCUT2D eigenvalue weighted by Crippen LogP contribution is 2.27. The predicted molar refractivity (Wildman–Crippen MR) is 71.5 cm³/mol. The summed E-state index contributed by atoms with van der Waals surface area (Å²) < 4.78 is 0. The van der Waals surface area contributed by atoms with Gasteiger partial charge in [-0.15, -0.1) is 0 Å². The molecule has 1 nitrogen and oxygen atoms in total. The van der Waals surface area contributed by atoms with Gasteiger partial charge in [0, 0.05) is 6.04 Å². The standard InChI is InChI=1S/C15H25N/c1-11-6-7-13(12(2)10-11)14(16)8-9-15(3,4)5/h6-7,10,14H,8-9,16H2,1-5H3. The lowest BCUT2D eigenvalue weighted by molar-refractivity contribution is 0.349. The van der Waals surface area contributed by atoms with E-state index in [1.165, 1.54) is 23.1 Å². The smallest absolute Gasteiger partial charge is 0.0297 e. The summed E-state index contributed by atoms with van der Waals surface area (Å²) in [5.74, 6) is 0. The molecule has 0 aromatic heterocycles. The van der Waals surface area contributed by atoms with Crippen molar-refractivity contribution in [2.45, 2.75) is 53.5 Å². The van der Waals surface area contributed by atoms with Crippen molar-refractivity contribution in [1.29, 1.82) is 0 Å². The van der Waals surface area contributed by atoms with Gasteiger partial charge in [0.05, 0.1) is 0 Å². The highest BCUT2D eigenvalue weighted by Gasteiger charge is 2.15. The van der Waals surface area contributed by atoms with Gasteiger partial charge in [0.1, 0.15) is 0 Å². The summed E-state index contributed by atoms with van der Waals surface area (Å²) in [5, 5.41) is 0. The second-order valence-electron chi connectivity index (χ2n) is 6.07. The fourth-order valence-corrected chi connectivity index (χ4v) is 1.99. The minimum Gasteiger partial charge on any atom is -0.324 e. The number of nitrogens with two attached hydrogens (primary N) is 1.